The summed E-state index contributed by atoms with van der Waals surface area (Å²) >= 11 is 0. The number of benzene rings is 2. The third-order valence-corrected chi connectivity index (χ3v) is 9.35. The molecule has 2 aromatic carbocycles. The summed E-state index contributed by atoms with van der Waals surface area (Å²) in [5.41, 5.74) is 8.09. The van der Waals surface area contributed by atoms with Crippen LogP contribution in [0.5, 0.6) is 5.75 Å². The Hall–Kier alpha value is -4.02. The minimum atomic E-state index is 0.285. The Morgan fingerprint density at radius 3 is 1.71 bits per heavy atom. The molecule has 2 aromatic rings. The van der Waals surface area contributed by atoms with Crippen molar-refractivity contribution < 1.29 is 14.2 Å². The zero-order chi connectivity index (χ0) is 33.3. The van der Waals surface area contributed by atoms with Gasteiger partial charge < -0.3 is 14.2 Å². The lowest BCUT2D eigenvalue weighted by Gasteiger charge is -2.40. The largest absolute Gasteiger partial charge is 0.494 e. The lowest BCUT2D eigenvalue weighted by atomic mass is 9.84. The average molecular weight is 641 g/mol. The van der Waals surface area contributed by atoms with Crippen molar-refractivity contribution in [2.75, 3.05) is 33.0 Å². The Morgan fingerprint density at radius 2 is 1.12 bits per heavy atom. The maximum Gasteiger partial charge on any atom is 0.119 e. The summed E-state index contributed by atoms with van der Waals surface area (Å²) in [6.45, 7) is 8.61. The fraction of sp³-hybridized carbons (Fsp3) is 0.422. The number of fused-ring (bicyclic) bond motifs is 1. The summed E-state index contributed by atoms with van der Waals surface area (Å²) < 4.78 is 17.2. The van der Waals surface area contributed by atoms with Crippen LogP contribution in [0, 0.1) is 29.1 Å². The van der Waals surface area contributed by atoms with E-state index in [1.165, 1.54) is 55.2 Å². The van der Waals surface area contributed by atoms with Crippen LogP contribution < -0.4 is 4.74 Å². The summed E-state index contributed by atoms with van der Waals surface area (Å²) in [5, 5.41) is 0. The van der Waals surface area contributed by atoms with E-state index in [0.717, 1.165) is 93.1 Å². The number of rotatable bonds is 17. The molecule has 250 valence electrons. The van der Waals surface area contributed by atoms with E-state index in [1.54, 1.807) is 0 Å². The molecule has 3 heteroatoms. The Balaban J connectivity index is 1.02. The standard InChI is InChI=1S/C45H52O3/c1-3-5-6-7-10-13-37-14-16-38(17-15-37)20-21-41-32-42-26-22-39(23-27-43(42)33-41)18-19-40-24-28-44(29-25-40)48-31-12-9-8-11-30-46-34-45(4-2)35-47-36-45/h14-17,22-29,32-33H,3-13,30-31,34-36H2,1-2H3. The minimum absolute atomic E-state index is 0.285. The minimum Gasteiger partial charge on any atom is -0.494 e. The molecule has 0 radical (unpaired) electrons. The lowest BCUT2D eigenvalue weighted by Crippen LogP contribution is -2.45. The van der Waals surface area contributed by atoms with Crippen LogP contribution in [0.2, 0.25) is 0 Å². The molecule has 0 bridgehead atoms. The first-order valence-corrected chi connectivity index (χ1v) is 18.2. The second kappa shape index (κ2) is 19.1. The highest BCUT2D eigenvalue weighted by atomic mass is 16.5. The second-order valence-electron chi connectivity index (χ2n) is 13.3. The molecule has 2 aliphatic carbocycles. The molecule has 0 unspecified atom stereocenters. The fourth-order valence-electron chi connectivity index (χ4n) is 5.93. The Labute approximate surface area is 289 Å². The van der Waals surface area contributed by atoms with Gasteiger partial charge in [-0.2, -0.15) is 0 Å². The van der Waals surface area contributed by atoms with Crippen LogP contribution >= 0.6 is 0 Å². The smallest absolute Gasteiger partial charge is 0.119 e. The first kappa shape index (κ1) is 35.3. The zero-order valence-corrected chi connectivity index (χ0v) is 29.1. The molecule has 1 fully saturated rings. The third-order valence-electron chi connectivity index (χ3n) is 9.35. The predicted octanol–water partition coefficient (Wildman–Crippen LogP) is 10.5. The van der Waals surface area contributed by atoms with Gasteiger partial charge in [-0.1, -0.05) is 93.9 Å². The van der Waals surface area contributed by atoms with E-state index in [1.807, 2.05) is 24.3 Å². The predicted molar refractivity (Wildman–Crippen MR) is 199 cm³/mol. The molecule has 3 nitrogen and oxygen atoms in total. The lowest BCUT2D eigenvalue weighted by molar-refractivity contribution is -0.150. The topological polar surface area (TPSA) is 27.7 Å². The highest BCUT2D eigenvalue weighted by Gasteiger charge is 2.36. The van der Waals surface area contributed by atoms with Gasteiger partial charge >= 0.3 is 0 Å². The molecule has 1 aliphatic heterocycles. The van der Waals surface area contributed by atoms with Gasteiger partial charge in [0.1, 0.15) is 5.75 Å². The molecule has 1 heterocycles. The van der Waals surface area contributed by atoms with Gasteiger partial charge in [0.05, 0.1) is 26.4 Å². The van der Waals surface area contributed by atoms with Crippen LogP contribution in [0.15, 0.2) is 84.9 Å². The highest BCUT2D eigenvalue weighted by Crippen LogP contribution is 2.31. The molecule has 0 saturated carbocycles. The van der Waals surface area contributed by atoms with Crippen molar-refractivity contribution in [3.63, 3.8) is 0 Å². The zero-order valence-electron chi connectivity index (χ0n) is 29.1. The summed E-state index contributed by atoms with van der Waals surface area (Å²) in [7, 11) is 0. The van der Waals surface area contributed by atoms with E-state index in [0.29, 0.717) is 0 Å². The molecule has 1 saturated heterocycles. The van der Waals surface area contributed by atoms with E-state index >= 15 is 0 Å². The van der Waals surface area contributed by atoms with Crippen LogP contribution in [0.25, 0.3) is 11.1 Å². The fourth-order valence-corrected chi connectivity index (χ4v) is 5.93. The maximum absolute atomic E-state index is 5.96. The molecule has 0 N–H and O–H groups in total. The molecule has 0 spiro atoms. The summed E-state index contributed by atoms with van der Waals surface area (Å²) in [4.78, 5) is 0. The SMILES string of the molecule is CCCCCCCc1ccc(C#Cc2cc3ccc(C#Cc4ccc(OCCCCCCOCC5(CC)COC5)cc4)ccc-3c2)cc1. The normalized spacial score (nSPS) is 13.2. The molecule has 48 heavy (non-hydrogen) atoms. The van der Waals surface area contributed by atoms with E-state index in [4.69, 9.17) is 14.2 Å². The van der Waals surface area contributed by atoms with Gasteiger partial charge in [0.2, 0.25) is 0 Å². The van der Waals surface area contributed by atoms with E-state index < -0.39 is 0 Å². The summed E-state index contributed by atoms with van der Waals surface area (Å²) in [6, 6.07) is 29.6. The van der Waals surface area contributed by atoms with E-state index in [9.17, 15) is 0 Å². The molecule has 5 rings (SSSR count). The van der Waals surface area contributed by atoms with Gasteiger partial charge in [-0.25, -0.2) is 0 Å². The van der Waals surface area contributed by atoms with Gasteiger partial charge in [0.15, 0.2) is 0 Å². The highest BCUT2D eigenvalue weighted by molar-refractivity contribution is 5.71. The van der Waals surface area contributed by atoms with Gasteiger partial charge in [0.25, 0.3) is 0 Å². The molecule has 3 aliphatic rings. The van der Waals surface area contributed by atoms with Gasteiger partial charge in [0, 0.05) is 34.3 Å². The first-order valence-electron chi connectivity index (χ1n) is 18.2. The number of aryl methyl sites for hydroxylation is 1. The van der Waals surface area contributed by atoms with Crippen LogP contribution in [0.1, 0.15) is 106 Å². The van der Waals surface area contributed by atoms with E-state index in [2.05, 4.69) is 98.2 Å². The van der Waals surface area contributed by atoms with Crippen molar-refractivity contribution in [3.8, 4) is 40.6 Å². The van der Waals surface area contributed by atoms with Gasteiger partial charge in [-0.05, 0) is 116 Å². The van der Waals surface area contributed by atoms with Crippen LogP contribution in [-0.2, 0) is 15.9 Å². The Morgan fingerprint density at radius 1 is 0.583 bits per heavy atom. The summed E-state index contributed by atoms with van der Waals surface area (Å²) in [5.74, 6) is 14.2. The quantitative estimate of drug-likeness (QED) is 0.0849. The molecule has 0 amide bonds. The number of unbranched alkanes of at least 4 members (excludes halogenated alkanes) is 7. The van der Waals surface area contributed by atoms with Crippen LogP contribution in [0.3, 0.4) is 0 Å². The monoisotopic (exact) mass is 640 g/mol. The molecular weight excluding hydrogens is 588 g/mol. The average Bonchev–Trinajstić information content (AvgIpc) is 3.40. The van der Waals surface area contributed by atoms with Crippen molar-refractivity contribution in [2.24, 2.45) is 5.41 Å². The van der Waals surface area contributed by atoms with Crippen molar-refractivity contribution in [3.05, 3.63) is 113 Å². The number of hydrogen-bond donors (Lipinski definition) is 0. The third kappa shape index (κ3) is 11.3. The Bertz CT molecular complexity index is 1580. The Kier molecular flexibility index (Phi) is 14.0. The van der Waals surface area contributed by atoms with Crippen LogP contribution in [-0.4, -0.2) is 33.0 Å². The second-order valence-corrected chi connectivity index (χ2v) is 13.3. The van der Waals surface area contributed by atoms with Crippen molar-refractivity contribution in [1.82, 2.24) is 0 Å². The van der Waals surface area contributed by atoms with Crippen molar-refractivity contribution in [1.29, 1.82) is 0 Å². The maximum atomic E-state index is 5.96. The molecule has 0 atom stereocenters. The molecular formula is C45H52O3. The van der Waals surface area contributed by atoms with Crippen molar-refractivity contribution >= 4 is 0 Å². The van der Waals surface area contributed by atoms with Crippen LogP contribution in [0.4, 0.5) is 0 Å². The first-order chi connectivity index (χ1) is 23.6. The number of ether oxygens (including phenoxy) is 3. The van der Waals surface area contributed by atoms with Gasteiger partial charge in [-0.15, -0.1) is 0 Å². The number of hydrogen-bond acceptors (Lipinski definition) is 3. The van der Waals surface area contributed by atoms with Crippen molar-refractivity contribution in [2.45, 2.75) is 84.5 Å². The summed E-state index contributed by atoms with van der Waals surface area (Å²) in [6.07, 6.45) is 13.4. The van der Waals surface area contributed by atoms with Gasteiger partial charge in [-0.3, -0.25) is 0 Å². The molecule has 0 aromatic heterocycles. The van der Waals surface area contributed by atoms with E-state index in [-0.39, 0.29) is 5.41 Å².